The largest absolute Gasteiger partial charge is 0.379 e. The number of nitrogens with one attached hydrogen (secondary N) is 2. The summed E-state index contributed by atoms with van der Waals surface area (Å²) in [7, 11) is 0. The van der Waals surface area contributed by atoms with Crippen molar-refractivity contribution < 1.29 is 18.7 Å². The number of benzene rings is 1. The number of hydrogen-bond donors (Lipinski definition) is 2. The SMILES string of the molecule is CC1Cc2cc(F)ccc2N1C(=O)CC1NC(=O)CC(N2CCOCC2)N1. The van der Waals surface area contributed by atoms with E-state index in [4.69, 9.17) is 4.74 Å². The third-order valence-corrected chi connectivity index (χ3v) is 5.50. The van der Waals surface area contributed by atoms with Crippen LogP contribution >= 0.6 is 0 Å². The zero-order valence-electron chi connectivity index (χ0n) is 15.4. The molecule has 2 N–H and O–H groups in total. The number of carbonyl (C=O) groups excluding carboxylic acids is 2. The molecule has 3 atom stereocenters. The molecule has 0 aliphatic carbocycles. The third kappa shape index (κ3) is 3.83. The number of carbonyl (C=O) groups is 2. The molecule has 3 aliphatic heterocycles. The average molecular weight is 376 g/mol. The van der Waals surface area contributed by atoms with Gasteiger partial charge in [0.05, 0.1) is 38.4 Å². The summed E-state index contributed by atoms with van der Waals surface area (Å²) in [6.45, 7) is 4.81. The lowest BCUT2D eigenvalue weighted by Crippen LogP contribution is -2.64. The van der Waals surface area contributed by atoms with Gasteiger partial charge in [0.25, 0.3) is 0 Å². The third-order valence-electron chi connectivity index (χ3n) is 5.50. The minimum Gasteiger partial charge on any atom is -0.379 e. The molecule has 8 heteroatoms. The van der Waals surface area contributed by atoms with Crippen molar-refractivity contribution in [3.8, 4) is 0 Å². The van der Waals surface area contributed by atoms with Gasteiger partial charge < -0.3 is 15.0 Å². The Morgan fingerprint density at radius 3 is 2.85 bits per heavy atom. The summed E-state index contributed by atoms with van der Waals surface area (Å²) in [5.74, 6) is -0.418. The van der Waals surface area contributed by atoms with Crippen LogP contribution in [0.5, 0.6) is 0 Å². The maximum absolute atomic E-state index is 13.5. The van der Waals surface area contributed by atoms with Crippen molar-refractivity contribution in [2.45, 2.75) is 44.6 Å². The zero-order valence-corrected chi connectivity index (χ0v) is 15.4. The highest BCUT2D eigenvalue weighted by Gasteiger charge is 2.35. The number of hydrogen-bond acceptors (Lipinski definition) is 5. The number of ether oxygens (including phenoxy) is 1. The molecular weight excluding hydrogens is 351 g/mol. The van der Waals surface area contributed by atoms with Crippen LogP contribution < -0.4 is 15.5 Å². The molecule has 3 unspecified atom stereocenters. The fraction of sp³-hybridized carbons (Fsp3) is 0.579. The van der Waals surface area contributed by atoms with Gasteiger partial charge in [-0.3, -0.25) is 19.8 Å². The van der Waals surface area contributed by atoms with Gasteiger partial charge in [-0.1, -0.05) is 0 Å². The summed E-state index contributed by atoms with van der Waals surface area (Å²) in [5, 5.41) is 6.26. The Bertz CT molecular complexity index is 738. The first-order valence-corrected chi connectivity index (χ1v) is 9.49. The van der Waals surface area contributed by atoms with Crippen LogP contribution in [-0.2, 0) is 20.7 Å². The van der Waals surface area contributed by atoms with Gasteiger partial charge in [0.15, 0.2) is 0 Å². The second kappa shape index (κ2) is 7.53. The molecule has 1 aromatic carbocycles. The normalized spacial score (nSPS) is 28.7. The van der Waals surface area contributed by atoms with Gasteiger partial charge in [-0.2, -0.15) is 0 Å². The van der Waals surface area contributed by atoms with Crippen molar-refractivity contribution in [3.05, 3.63) is 29.6 Å². The highest BCUT2D eigenvalue weighted by atomic mass is 19.1. The van der Waals surface area contributed by atoms with E-state index in [2.05, 4.69) is 15.5 Å². The van der Waals surface area contributed by atoms with Crippen LogP contribution in [0, 0.1) is 5.82 Å². The number of fused-ring (bicyclic) bond motifs is 1. The van der Waals surface area contributed by atoms with Gasteiger partial charge in [0.1, 0.15) is 5.82 Å². The van der Waals surface area contributed by atoms with Gasteiger partial charge >= 0.3 is 0 Å². The van der Waals surface area contributed by atoms with Gasteiger partial charge in [0, 0.05) is 24.8 Å². The molecule has 0 aromatic heterocycles. The highest BCUT2D eigenvalue weighted by Crippen LogP contribution is 2.33. The maximum atomic E-state index is 13.5. The molecule has 4 rings (SSSR count). The Morgan fingerprint density at radius 1 is 1.30 bits per heavy atom. The van der Waals surface area contributed by atoms with Crippen molar-refractivity contribution >= 4 is 17.5 Å². The van der Waals surface area contributed by atoms with Crippen molar-refractivity contribution in [2.24, 2.45) is 0 Å². The number of amides is 2. The van der Waals surface area contributed by atoms with Crippen LogP contribution in [0.1, 0.15) is 25.3 Å². The molecule has 0 bridgehead atoms. The lowest BCUT2D eigenvalue weighted by Gasteiger charge is -2.40. The van der Waals surface area contributed by atoms with Crippen LogP contribution in [0.25, 0.3) is 0 Å². The Kier molecular flexibility index (Phi) is 5.12. The van der Waals surface area contributed by atoms with Gasteiger partial charge in [-0.05, 0) is 37.1 Å². The van der Waals surface area contributed by atoms with Crippen LogP contribution in [-0.4, -0.2) is 61.4 Å². The standard InChI is InChI=1S/C19H25FN4O3/c1-12-8-13-9-14(20)2-3-15(13)24(12)19(26)10-16-21-17(11-18(25)22-16)23-4-6-27-7-5-23/h2-3,9,12,16-17,21H,4-8,10-11H2,1H3,(H,22,25). The molecule has 7 nitrogen and oxygen atoms in total. The number of halogens is 1. The van der Waals surface area contributed by atoms with Crippen molar-refractivity contribution in [1.82, 2.24) is 15.5 Å². The van der Waals surface area contributed by atoms with E-state index in [1.54, 1.807) is 11.0 Å². The molecule has 3 aliphatic rings. The molecule has 27 heavy (non-hydrogen) atoms. The van der Waals surface area contributed by atoms with Crippen molar-refractivity contribution in [3.63, 3.8) is 0 Å². The van der Waals surface area contributed by atoms with Gasteiger partial charge in [0.2, 0.25) is 11.8 Å². The lowest BCUT2D eigenvalue weighted by molar-refractivity contribution is -0.128. The molecule has 0 spiro atoms. The van der Waals surface area contributed by atoms with E-state index in [1.165, 1.54) is 12.1 Å². The van der Waals surface area contributed by atoms with Gasteiger partial charge in [-0.25, -0.2) is 4.39 Å². The summed E-state index contributed by atoms with van der Waals surface area (Å²) >= 11 is 0. The number of morpholine rings is 1. The number of nitrogens with zero attached hydrogens (tertiary/aromatic N) is 2. The predicted octanol–water partition coefficient (Wildman–Crippen LogP) is 0.587. The van der Waals surface area contributed by atoms with E-state index in [1.807, 2.05) is 6.92 Å². The summed E-state index contributed by atoms with van der Waals surface area (Å²) in [6, 6.07) is 4.51. The van der Waals surface area contributed by atoms with E-state index in [-0.39, 0.29) is 36.3 Å². The average Bonchev–Trinajstić information content (AvgIpc) is 2.96. The molecule has 1 aromatic rings. The molecule has 0 saturated carbocycles. The first-order valence-electron chi connectivity index (χ1n) is 9.49. The van der Waals surface area contributed by atoms with Crippen molar-refractivity contribution in [1.29, 1.82) is 0 Å². The first-order chi connectivity index (χ1) is 13.0. The van der Waals surface area contributed by atoms with Crippen LogP contribution in [0.3, 0.4) is 0 Å². The molecule has 2 saturated heterocycles. The first kappa shape index (κ1) is 18.3. The predicted molar refractivity (Wildman–Crippen MR) is 97.5 cm³/mol. The van der Waals surface area contributed by atoms with Gasteiger partial charge in [-0.15, -0.1) is 0 Å². The molecule has 146 valence electrons. The second-order valence-corrected chi connectivity index (χ2v) is 7.45. The summed E-state index contributed by atoms with van der Waals surface area (Å²) in [5.41, 5.74) is 1.61. The van der Waals surface area contributed by atoms with Crippen molar-refractivity contribution in [2.75, 3.05) is 31.2 Å². The molecule has 0 radical (unpaired) electrons. The smallest absolute Gasteiger partial charge is 0.230 e. The monoisotopic (exact) mass is 376 g/mol. The van der Waals surface area contributed by atoms with E-state index in [0.29, 0.717) is 26.1 Å². The van der Waals surface area contributed by atoms with Crippen LogP contribution in [0.4, 0.5) is 10.1 Å². The van der Waals surface area contributed by atoms with E-state index < -0.39 is 6.17 Å². The highest BCUT2D eigenvalue weighted by molar-refractivity contribution is 5.96. The van der Waals surface area contributed by atoms with E-state index in [9.17, 15) is 14.0 Å². The van der Waals surface area contributed by atoms with Crippen LogP contribution in [0.15, 0.2) is 18.2 Å². The minimum absolute atomic E-state index is 0.0244. The second-order valence-electron chi connectivity index (χ2n) is 7.45. The Balaban J connectivity index is 1.44. The van der Waals surface area contributed by atoms with E-state index >= 15 is 0 Å². The topological polar surface area (TPSA) is 73.9 Å². The molecule has 2 fully saturated rings. The summed E-state index contributed by atoms with van der Waals surface area (Å²) < 4.78 is 18.9. The lowest BCUT2D eigenvalue weighted by atomic mass is 10.1. The number of rotatable bonds is 3. The summed E-state index contributed by atoms with van der Waals surface area (Å²) in [6.07, 6.45) is 0.668. The molecular formula is C19H25FN4O3. The Hall–Kier alpha value is -2.03. The summed E-state index contributed by atoms with van der Waals surface area (Å²) in [4.78, 5) is 29.0. The minimum atomic E-state index is -0.414. The Morgan fingerprint density at radius 2 is 2.07 bits per heavy atom. The molecule has 2 amide bonds. The number of anilines is 1. The fourth-order valence-electron chi connectivity index (χ4n) is 4.25. The zero-order chi connectivity index (χ0) is 19.0. The fourth-order valence-corrected chi connectivity index (χ4v) is 4.25. The van der Waals surface area contributed by atoms with Crippen LogP contribution in [0.2, 0.25) is 0 Å². The maximum Gasteiger partial charge on any atom is 0.230 e. The quantitative estimate of drug-likeness (QED) is 0.808. The Labute approximate surface area is 157 Å². The van der Waals surface area contributed by atoms with E-state index in [0.717, 1.165) is 24.3 Å². The molecule has 3 heterocycles.